The Morgan fingerprint density at radius 1 is 1.23 bits per heavy atom. The number of ketones is 1. The predicted molar refractivity (Wildman–Crippen MR) is 51.3 cm³/mol. The minimum Gasteiger partial charge on any atom is -0.294 e. The van der Waals surface area contributed by atoms with Crippen LogP contribution < -0.4 is 0 Å². The Balaban J connectivity index is 2.15. The van der Waals surface area contributed by atoms with Gasteiger partial charge in [0.05, 0.1) is 0 Å². The summed E-state index contributed by atoms with van der Waals surface area (Å²) < 4.78 is 0. The third kappa shape index (κ3) is 0.490. The number of hydrogen-bond acceptors (Lipinski definition) is 1. The Bertz CT molecular complexity index is 330. The minimum atomic E-state index is -0.0174. The van der Waals surface area contributed by atoms with Crippen molar-refractivity contribution < 1.29 is 4.79 Å². The van der Waals surface area contributed by atoms with Gasteiger partial charge in [-0.1, -0.05) is 32.8 Å². The number of carbonyl (C=O) groups is 1. The van der Waals surface area contributed by atoms with Crippen LogP contribution in [0.1, 0.15) is 39.5 Å². The number of fused-ring (bicyclic) bond motifs is 1. The van der Waals surface area contributed by atoms with Gasteiger partial charge in [-0.05, 0) is 24.3 Å². The molecule has 0 aromatic carbocycles. The zero-order valence-corrected chi connectivity index (χ0v) is 8.39. The van der Waals surface area contributed by atoms with Crippen LogP contribution in [0.5, 0.6) is 0 Å². The van der Waals surface area contributed by atoms with Crippen LogP contribution in [0.4, 0.5) is 0 Å². The molecule has 3 aliphatic carbocycles. The van der Waals surface area contributed by atoms with E-state index in [0.29, 0.717) is 11.2 Å². The van der Waals surface area contributed by atoms with Crippen molar-refractivity contribution in [2.24, 2.45) is 16.2 Å². The number of hydrogen-bond donors (Lipinski definition) is 0. The monoisotopic (exact) mass is 176 g/mol. The Labute approximate surface area is 79.2 Å². The molecule has 0 bridgehead atoms. The third-order valence-corrected chi connectivity index (χ3v) is 5.43. The van der Waals surface area contributed by atoms with Crippen molar-refractivity contribution in [2.45, 2.75) is 39.5 Å². The molecule has 0 radical (unpaired) electrons. The van der Waals surface area contributed by atoms with Crippen molar-refractivity contribution in [3.8, 4) is 0 Å². The fourth-order valence-electron chi connectivity index (χ4n) is 4.31. The molecule has 0 saturated heterocycles. The van der Waals surface area contributed by atoms with Gasteiger partial charge in [-0.3, -0.25) is 4.79 Å². The Kier molecular flexibility index (Phi) is 1.06. The van der Waals surface area contributed by atoms with Crippen molar-refractivity contribution in [2.75, 3.05) is 0 Å². The molecule has 2 fully saturated rings. The molecule has 70 valence electrons. The van der Waals surface area contributed by atoms with Crippen LogP contribution in [0.2, 0.25) is 0 Å². The van der Waals surface area contributed by atoms with E-state index in [1.165, 1.54) is 25.7 Å². The number of rotatable bonds is 0. The predicted octanol–water partition coefficient (Wildman–Crippen LogP) is 2.71. The molecule has 0 aromatic heterocycles. The minimum absolute atomic E-state index is 0.0174. The van der Waals surface area contributed by atoms with Crippen LogP contribution in [0.15, 0.2) is 12.2 Å². The summed E-state index contributed by atoms with van der Waals surface area (Å²) in [5.41, 5.74) is 0.565. The van der Waals surface area contributed by atoms with E-state index in [9.17, 15) is 4.79 Å². The summed E-state index contributed by atoms with van der Waals surface area (Å²) in [5.74, 6) is 0.386. The molecule has 1 heteroatoms. The zero-order chi connectivity index (χ0) is 9.32. The quantitative estimate of drug-likeness (QED) is 0.554. The van der Waals surface area contributed by atoms with Gasteiger partial charge >= 0.3 is 0 Å². The molecule has 2 unspecified atom stereocenters. The van der Waals surface area contributed by atoms with Gasteiger partial charge in [-0.15, -0.1) is 0 Å². The fraction of sp³-hybridized carbons (Fsp3) is 0.750. The lowest BCUT2D eigenvalue weighted by atomic mass is 9.80. The average molecular weight is 176 g/mol. The van der Waals surface area contributed by atoms with Gasteiger partial charge in [-0.2, -0.15) is 0 Å². The van der Waals surface area contributed by atoms with E-state index < -0.39 is 0 Å². The maximum absolute atomic E-state index is 11.8. The van der Waals surface area contributed by atoms with Crippen molar-refractivity contribution in [1.82, 2.24) is 0 Å². The van der Waals surface area contributed by atoms with Crippen molar-refractivity contribution >= 4 is 5.78 Å². The van der Waals surface area contributed by atoms with Crippen molar-refractivity contribution in [3.05, 3.63) is 12.2 Å². The van der Waals surface area contributed by atoms with E-state index in [0.717, 1.165) is 0 Å². The van der Waals surface area contributed by atoms with Crippen LogP contribution in [-0.4, -0.2) is 5.78 Å². The zero-order valence-electron chi connectivity index (χ0n) is 8.39. The summed E-state index contributed by atoms with van der Waals surface area (Å²) >= 11 is 0. The Morgan fingerprint density at radius 2 is 1.92 bits per heavy atom. The van der Waals surface area contributed by atoms with Crippen LogP contribution in [0, 0.1) is 16.2 Å². The molecule has 1 spiro atoms. The van der Waals surface area contributed by atoms with Gasteiger partial charge in [0.1, 0.15) is 0 Å². The molecule has 0 aliphatic heterocycles. The van der Waals surface area contributed by atoms with Gasteiger partial charge in [0.15, 0.2) is 5.78 Å². The molecular weight excluding hydrogens is 160 g/mol. The third-order valence-electron chi connectivity index (χ3n) is 5.43. The topological polar surface area (TPSA) is 17.1 Å². The van der Waals surface area contributed by atoms with Crippen molar-refractivity contribution in [1.29, 1.82) is 0 Å². The Hall–Kier alpha value is -0.590. The number of carbonyl (C=O) groups excluding carboxylic acids is 1. The highest BCUT2D eigenvalue weighted by molar-refractivity contribution is 6.03. The SMILES string of the molecule is CC12CCCCC13C=CC(=O)[C@]23C. The molecule has 0 aromatic rings. The molecule has 0 heterocycles. The van der Waals surface area contributed by atoms with E-state index in [1.807, 2.05) is 6.08 Å². The number of allylic oxidation sites excluding steroid dienone is 2. The first-order chi connectivity index (χ1) is 6.08. The summed E-state index contributed by atoms with van der Waals surface area (Å²) in [4.78, 5) is 11.8. The van der Waals surface area contributed by atoms with E-state index in [1.54, 1.807) is 0 Å². The van der Waals surface area contributed by atoms with E-state index in [-0.39, 0.29) is 10.8 Å². The highest BCUT2D eigenvalue weighted by Crippen LogP contribution is 2.86. The summed E-state index contributed by atoms with van der Waals surface area (Å²) in [5, 5.41) is 0. The lowest BCUT2D eigenvalue weighted by molar-refractivity contribution is -0.120. The summed E-state index contributed by atoms with van der Waals surface area (Å²) in [6.07, 6.45) is 9.15. The molecular formula is C12H16O. The molecule has 3 atom stereocenters. The van der Waals surface area contributed by atoms with Gasteiger partial charge in [0.2, 0.25) is 0 Å². The van der Waals surface area contributed by atoms with E-state index in [4.69, 9.17) is 0 Å². The van der Waals surface area contributed by atoms with Gasteiger partial charge in [0, 0.05) is 10.8 Å². The van der Waals surface area contributed by atoms with Crippen LogP contribution >= 0.6 is 0 Å². The van der Waals surface area contributed by atoms with E-state index >= 15 is 0 Å². The molecule has 0 amide bonds. The molecule has 3 aliphatic rings. The van der Waals surface area contributed by atoms with E-state index in [2.05, 4.69) is 19.9 Å². The van der Waals surface area contributed by atoms with Gasteiger partial charge < -0.3 is 0 Å². The first-order valence-corrected chi connectivity index (χ1v) is 5.32. The van der Waals surface area contributed by atoms with Crippen molar-refractivity contribution in [3.63, 3.8) is 0 Å². The highest BCUT2D eigenvalue weighted by atomic mass is 16.1. The summed E-state index contributed by atoms with van der Waals surface area (Å²) in [6, 6.07) is 0. The molecule has 1 nitrogen and oxygen atoms in total. The summed E-state index contributed by atoms with van der Waals surface area (Å²) in [7, 11) is 0. The van der Waals surface area contributed by atoms with Crippen LogP contribution in [-0.2, 0) is 4.79 Å². The van der Waals surface area contributed by atoms with Gasteiger partial charge in [0.25, 0.3) is 0 Å². The van der Waals surface area contributed by atoms with Gasteiger partial charge in [-0.25, -0.2) is 0 Å². The van der Waals surface area contributed by atoms with Crippen LogP contribution in [0.3, 0.4) is 0 Å². The second-order valence-electron chi connectivity index (χ2n) is 5.33. The maximum atomic E-state index is 11.8. The first kappa shape index (κ1) is 7.78. The molecule has 3 rings (SSSR count). The lowest BCUT2D eigenvalue weighted by Gasteiger charge is -2.24. The lowest BCUT2D eigenvalue weighted by Crippen LogP contribution is -2.17. The standard InChI is InChI=1S/C12H16O/c1-10-6-3-4-7-12(10)8-5-9(13)11(10,12)2/h5,8H,3-4,6-7H2,1-2H3/t10?,11-,12?/m1/s1. The molecule has 0 N–H and O–H groups in total. The Morgan fingerprint density at radius 3 is 2.62 bits per heavy atom. The molecule has 13 heavy (non-hydrogen) atoms. The second kappa shape index (κ2) is 1.77. The normalized spacial score (nSPS) is 57.5. The summed E-state index contributed by atoms with van der Waals surface area (Å²) in [6.45, 7) is 4.49. The maximum Gasteiger partial charge on any atom is 0.162 e. The fourth-order valence-corrected chi connectivity index (χ4v) is 4.31. The average Bonchev–Trinajstić information content (AvgIpc) is 2.43. The van der Waals surface area contributed by atoms with Crippen LogP contribution in [0.25, 0.3) is 0 Å². The largest absolute Gasteiger partial charge is 0.294 e. The highest BCUT2D eigenvalue weighted by Gasteiger charge is 2.84. The first-order valence-electron chi connectivity index (χ1n) is 5.32. The smallest absolute Gasteiger partial charge is 0.162 e. The molecule has 2 saturated carbocycles. The second-order valence-corrected chi connectivity index (χ2v) is 5.33.